The van der Waals surface area contributed by atoms with Gasteiger partial charge in [0.15, 0.2) is 0 Å². The van der Waals surface area contributed by atoms with Crippen molar-refractivity contribution in [2.24, 2.45) is 0 Å². The third-order valence-electron chi connectivity index (χ3n) is 1.66. The van der Waals surface area contributed by atoms with E-state index in [1.165, 1.54) is 0 Å². The van der Waals surface area contributed by atoms with Gasteiger partial charge in [0.25, 0.3) is 0 Å². The van der Waals surface area contributed by atoms with Crippen molar-refractivity contribution >= 4 is 17.1 Å². The van der Waals surface area contributed by atoms with Crippen molar-refractivity contribution in [2.45, 2.75) is 12.8 Å². The summed E-state index contributed by atoms with van der Waals surface area (Å²) < 4.78 is 0. The molecular weight excluding hydrogens is 168 g/mol. The maximum absolute atomic E-state index is 8.60. The molecule has 1 rings (SSSR count). The van der Waals surface area contributed by atoms with Crippen molar-refractivity contribution < 1.29 is 5.11 Å². The number of thiocarbonyl (C=S) groups is 1. The van der Waals surface area contributed by atoms with E-state index < -0.39 is 0 Å². The van der Waals surface area contributed by atoms with Crippen molar-refractivity contribution in [2.75, 3.05) is 6.61 Å². The zero-order valence-corrected chi connectivity index (χ0v) is 7.68. The Labute approximate surface area is 78.0 Å². The van der Waals surface area contributed by atoms with Gasteiger partial charge in [-0.05, 0) is 18.4 Å². The molecule has 0 fully saturated rings. The van der Waals surface area contributed by atoms with E-state index in [1.807, 2.05) is 30.3 Å². The predicted molar refractivity (Wildman–Crippen MR) is 54.5 cm³/mol. The minimum absolute atomic E-state index is 0.215. The molecule has 0 saturated heterocycles. The minimum Gasteiger partial charge on any atom is -0.396 e. The third kappa shape index (κ3) is 2.72. The summed E-state index contributed by atoms with van der Waals surface area (Å²) in [6.07, 6.45) is 1.56. The van der Waals surface area contributed by atoms with Gasteiger partial charge in [-0.1, -0.05) is 42.5 Å². The Hall–Kier alpha value is -0.730. The number of benzene rings is 1. The summed E-state index contributed by atoms with van der Waals surface area (Å²) in [5.41, 5.74) is 1.10. The fourth-order valence-corrected chi connectivity index (χ4v) is 1.29. The minimum atomic E-state index is 0.215. The summed E-state index contributed by atoms with van der Waals surface area (Å²) in [5.74, 6) is 0. The lowest BCUT2D eigenvalue weighted by Gasteiger charge is -2.01. The van der Waals surface area contributed by atoms with Gasteiger partial charge in [0, 0.05) is 11.5 Å². The Morgan fingerprint density at radius 2 is 1.92 bits per heavy atom. The summed E-state index contributed by atoms with van der Waals surface area (Å²) in [6, 6.07) is 9.92. The molecule has 0 spiro atoms. The summed E-state index contributed by atoms with van der Waals surface area (Å²) >= 11 is 5.17. The first-order chi connectivity index (χ1) is 5.84. The first-order valence-corrected chi connectivity index (χ1v) is 4.44. The number of aliphatic hydroxyl groups is 1. The Balaban J connectivity index is 2.54. The quantitative estimate of drug-likeness (QED) is 0.566. The van der Waals surface area contributed by atoms with Crippen LogP contribution in [-0.4, -0.2) is 16.6 Å². The summed E-state index contributed by atoms with van der Waals surface area (Å²) in [4.78, 5) is 0.935. The monoisotopic (exact) mass is 180 g/mol. The molecule has 1 nitrogen and oxygen atoms in total. The first kappa shape index (κ1) is 9.36. The van der Waals surface area contributed by atoms with Gasteiger partial charge in [-0.25, -0.2) is 0 Å². The van der Waals surface area contributed by atoms with Crippen LogP contribution in [0, 0.1) is 0 Å². The van der Waals surface area contributed by atoms with Crippen molar-refractivity contribution in [3.63, 3.8) is 0 Å². The largest absolute Gasteiger partial charge is 0.396 e. The average Bonchev–Trinajstić information content (AvgIpc) is 2.15. The predicted octanol–water partition coefficient (Wildman–Crippen LogP) is 2.18. The van der Waals surface area contributed by atoms with Gasteiger partial charge in [0.2, 0.25) is 0 Å². The molecule has 0 bridgehead atoms. The van der Waals surface area contributed by atoms with Crippen LogP contribution in [-0.2, 0) is 0 Å². The fourth-order valence-electron chi connectivity index (χ4n) is 1.01. The molecule has 0 aliphatic heterocycles. The van der Waals surface area contributed by atoms with Crippen LogP contribution >= 0.6 is 12.2 Å². The lowest BCUT2D eigenvalue weighted by atomic mass is 10.1. The number of rotatable bonds is 4. The van der Waals surface area contributed by atoms with Crippen LogP contribution in [0.3, 0.4) is 0 Å². The van der Waals surface area contributed by atoms with Crippen molar-refractivity contribution in [1.82, 2.24) is 0 Å². The van der Waals surface area contributed by atoms with Gasteiger partial charge in [0.05, 0.1) is 0 Å². The summed E-state index contributed by atoms with van der Waals surface area (Å²) in [5, 5.41) is 8.60. The Bertz CT molecular complexity index is 243. The number of aliphatic hydroxyl groups excluding tert-OH is 1. The van der Waals surface area contributed by atoms with Crippen molar-refractivity contribution in [1.29, 1.82) is 0 Å². The fraction of sp³-hybridized carbons (Fsp3) is 0.300. The van der Waals surface area contributed by atoms with Crippen LogP contribution in [0.5, 0.6) is 0 Å². The van der Waals surface area contributed by atoms with Crippen LogP contribution < -0.4 is 0 Å². The molecule has 64 valence electrons. The zero-order chi connectivity index (χ0) is 8.81. The molecule has 0 saturated carbocycles. The van der Waals surface area contributed by atoms with E-state index in [2.05, 4.69) is 0 Å². The molecular formula is C10H12OS. The molecule has 0 aliphatic rings. The van der Waals surface area contributed by atoms with Crippen molar-refractivity contribution in [3.8, 4) is 0 Å². The van der Waals surface area contributed by atoms with Crippen LogP contribution in [0.4, 0.5) is 0 Å². The van der Waals surface area contributed by atoms with Gasteiger partial charge in [-0.2, -0.15) is 0 Å². The average molecular weight is 180 g/mol. The van der Waals surface area contributed by atoms with Crippen LogP contribution in [0.25, 0.3) is 0 Å². The maximum Gasteiger partial charge on any atom is 0.0434 e. The second-order valence-corrected chi connectivity index (χ2v) is 3.11. The molecule has 1 N–H and O–H groups in total. The summed E-state index contributed by atoms with van der Waals surface area (Å²) in [7, 11) is 0. The second-order valence-electron chi connectivity index (χ2n) is 2.62. The Kier molecular flexibility index (Phi) is 3.91. The highest BCUT2D eigenvalue weighted by molar-refractivity contribution is 7.80. The molecule has 1 aromatic carbocycles. The molecule has 0 radical (unpaired) electrons. The molecule has 12 heavy (non-hydrogen) atoms. The van der Waals surface area contributed by atoms with Crippen LogP contribution in [0.1, 0.15) is 18.4 Å². The van der Waals surface area contributed by atoms with Gasteiger partial charge in [-0.15, -0.1) is 0 Å². The van der Waals surface area contributed by atoms with Crippen LogP contribution in [0.15, 0.2) is 30.3 Å². The van der Waals surface area contributed by atoms with E-state index in [-0.39, 0.29) is 6.61 Å². The molecule has 0 heterocycles. The van der Waals surface area contributed by atoms with E-state index in [1.54, 1.807) is 0 Å². The lowest BCUT2D eigenvalue weighted by Crippen LogP contribution is -1.97. The van der Waals surface area contributed by atoms with E-state index in [9.17, 15) is 0 Å². The SMILES string of the molecule is OCCCC(=S)c1ccccc1. The first-order valence-electron chi connectivity index (χ1n) is 4.03. The second kappa shape index (κ2) is 5.01. The van der Waals surface area contributed by atoms with Gasteiger partial charge in [0.1, 0.15) is 0 Å². The standard InChI is InChI=1S/C10H12OS/c11-8-4-7-10(12)9-5-2-1-3-6-9/h1-3,5-6,11H,4,7-8H2. The zero-order valence-electron chi connectivity index (χ0n) is 6.86. The molecule has 0 amide bonds. The van der Waals surface area contributed by atoms with Gasteiger partial charge in [-0.3, -0.25) is 0 Å². The molecule has 1 aromatic rings. The maximum atomic E-state index is 8.60. The highest BCUT2D eigenvalue weighted by atomic mass is 32.1. The lowest BCUT2D eigenvalue weighted by molar-refractivity contribution is 0.291. The molecule has 2 heteroatoms. The molecule has 0 aromatic heterocycles. The van der Waals surface area contributed by atoms with Gasteiger partial charge >= 0.3 is 0 Å². The molecule has 0 atom stereocenters. The van der Waals surface area contributed by atoms with Gasteiger partial charge < -0.3 is 5.11 Å². The highest BCUT2D eigenvalue weighted by Crippen LogP contribution is 2.05. The summed E-state index contributed by atoms with van der Waals surface area (Å²) in [6.45, 7) is 0.215. The Morgan fingerprint density at radius 3 is 2.50 bits per heavy atom. The van der Waals surface area contributed by atoms with E-state index in [0.29, 0.717) is 0 Å². The number of hydrogen-bond donors (Lipinski definition) is 1. The molecule has 0 aliphatic carbocycles. The highest BCUT2D eigenvalue weighted by Gasteiger charge is 1.98. The van der Waals surface area contributed by atoms with E-state index >= 15 is 0 Å². The smallest absolute Gasteiger partial charge is 0.0434 e. The van der Waals surface area contributed by atoms with Crippen LogP contribution in [0.2, 0.25) is 0 Å². The third-order valence-corrected chi connectivity index (χ3v) is 2.10. The topological polar surface area (TPSA) is 20.2 Å². The van der Waals surface area contributed by atoms with E-state index in [0.717, 1.165) is 23.3 Å². The normalized spacial score (nSPS) is 9.75. The Morgan fingerprint density at radius 1 is 1.25 bits per heavy atom. The van der Waals surface area contributed by atoms with Crippen molar-refractivity contribution in [3.05, 3.63) is 35.9 Å². The molecule has 0 unspecified atom stereocenters. The number of hydrogen-bond acceptors (Lipinski definition) is 2. The van der Waals surface area contributed by atoms with E-state index in [4.69, 9.17) is 17.3 Å².